The van der Waals surface area contributed by atoms with E-state index >= 15 is 0 Å². The molecule has 0 heterocycles. The van der Waals surface area contributed by atoms with E-state index in [1.54, 1.807) is 18.5 Å². The average Bonchev–Trinajstić information content (AvgIpc) is 2.66. The molecule has 0 N–H and O–H groups in total. The fourth-order valence-corrected chi connectivity index (χ4v) is 1.47. The van der Waals surface area contributed by atoms with Crippen LogP contribution in [-0.2, 0) is 0 Å². The van der Waals surface area contributed by atoms with E-state index in [-0.39, 0.29) is 0 Å². The molecule has 0 aliphatic heterocycles. The van der Waals surface area contributed by atoms with Gasteiger partial charge in [0.2, 0.25) is 0 Å². The third-order valence-electron chi connectivity index (χ3n) is 2.37. The van der Waals surface area contributed by atoms with Gasteiger partial charge in [-0.3, -0.25) is 0 Å². The minimum Gasteiger partial charge on any atom is -0.369 e. The van der Waals surface area contributed by atoms with Crippen LogP contribution in [0.1, 0.15) is 33.3 Å². The van der Waals surface area contributed by atoms with E-state index in [0.29, 0.717) is 5.84 Å². The Hall–Kier alpha value is -2.68. The van der Waals surface area contributed by atoms with Crippen LogP contribution >= 0.6 is 0 Å². The summed E-state index contributed by atoms with van der Waals surface area (Å²) in [5.74, 6) is 0.645. The molecular formula is C22H33N3. The van der Waals surface area contributed by atoms with Crippen molar-refractivity contribution in [1.29, 1.82) is 0 Å². The fourth-order valence-electron chi connectivity index (χ4n) is 1.47. The number of aliphatic imine (C=N–C) groups is 2. The van der Waals surface area contributed by atoms with Crippen LogP contribution in [0, 0.1) is 0 Å². The molecule has 1 aromatic carbocycles. The summed E-state index contributed by atoms with van der Waals surface area (Å²) in [7, 11) is 3.84. The quantitative estimate of drug-likeness (QED) is 0.361. The monoisotopic (exact) mass is 339 g/mol. The topological polar surface area (TPSA) is 28.0 Å². The van der Waals surface area contributed by atoms with Gasteiger partial charge in [0.05, 0.1) is 12.0 Å². The summed E-state index contributed by atoms with van der Waals surface area (Å²) < 4.78 is 0. The Labute approximate surface area is 154 Å². The molecule has 0 aromatic heterocycles. The van der Waals surface area contributed by atoms with Crippen molar-refractivity contribution in [2.24, 2.45) is 9.98 Å². The van der Waals surface area contributed by atoms with Crippen molar-refractivity contribution in [2.75, 3.05) is 14.1 Å². The second-order valence-electron chi connectivity index (χ2n) is 4.43. The summed E-state index contributed by atoms with van der Waals surface area (Å²) in [6.45, 7) is 15.4. The highest BCUT2D eigenvalue weighted by atomic mass is 15.1. The second kappa shape index (κ2) is 17.7. The third kappa shape index (κ3) is 12.4. The first kappa shape index (κ1) is 24.6. The molecule has 0 radical (unpaired) electrons. The van der Waals surface area contributed by atoms with Crippen molar-refractivity contribution < 1.29 is 0 Å². The van der Waals surface area contributed by atoms with E-state index in [4.69, 9.17) is 0 Å². The second-order valence-corrected chi connectivity index (χ2v) is 4.43. The van der Waals surface area contributed by atoms with Crippen molar-refractivity contribution >= 4 is 12.2 Å². The highest BCUT2D eigenvalue weighted by Gasteiger charge is 2.01. The fraction of sp³-hybridized carbons (Fsp3) is 0.273. The molecule has 1 rings (SSSR count). The number of benzene rings is 1. The number of hydrogen-bond donors (Lipinski definition) is 0. The van der Waals surface area contributed by atoms with Crippen LogP contribution < -0.4 is 0 Å². The van der Waals surface area contributed by atoms with E-state index in [2.05, 4.69) is 23.1 Å². The molecule has 3 nitrogen and oxygen atoms in total. The van der Waals surface area contributed by atoms with Crippen LogP contribution in [0.25, 0.3) is 0 Å². The minimum atomic E-state index is 0.645. The van der Waals surface area contributed by atoms with Gasteiger partial charge in [0, 0.05) is 19.7 Å². The normalized spacial score (nSPS) is 11.3. The Morgan fingerprint density at radius 3 is 2.04 bits per heavy atom. The van der Waals surface area contributed by atoms with Gasteiger partial charge in [0.25, 0.3) is 0 Å². The van der Waals surface area contributed by atoms with Crippen LogP contribution in [0.2, 0.25) is 0 Å². The van der Waals surface area contributed by atoms with Crippen LogP contribution in [0.15, 0.2) is 89.6 Å². The lowest BCUT2D eigenvalue weighted by molar-refractivity contribution is 0.644. The predicted octanol–water partition coefficient (Wildman–Crippen LogP) is 5.89. The van der Waals surface area contributed by atoms with Crippen molar-refractivity contribution in [3.05, 3.63) is 85.1 Å². The predicted molar refractivity (Wildman–Crippen MR) is 115 cm³/mol. The van der Waals surface area contributed by atoms with Crippen molar-refractivity contribution in [3.63, 3.8) is 0 Å². The molecule has 0 spiro atoms. The summed E-state index contributed by atoms with van der Waals surface area (Å²) in [4.78, 5) is 10.9. The zero-order valence-electron chi connectivity index (χ0n) is 16.6. The summed E-state index contributed by atoms with van der Waals surface area (Å²) in [6, 6.07) is 9.86. The van der Waals surface area contributed by atoms with Gasteiger partial charge in [0.15, 0.2) is 5.84 Å². The SMILES string of the molecule is C=C/C=C\C(=C/C=C)N=C(N=CN(C)C)c1ccccc1.CC.CC. The van der Waals surface area contributed by atoms with Gasteiger partial charge in [0.1, 0.15) is 0 Å². The number of nitrogens with zero attached hydrogens (tertiary/aromatic N) is 3. The van der Waals surface area contributed by atoms with Gasteiger partial charge in [-0.05, 0) is 12.2 Å². The smallest absolute Gasteiger partial charge is 0.161 e. The van der Waals surface area contributed by atoms with Crippen LogP contribution in [0.4, 0.5) is 0 Å². The lowest BCUT2D eigenvalue weighted by Gasteiger charge is -2.05. The van der Waals surface area contributed by atoms with Gasteiger partial charge >= 0.3 is 0 Å². The Morgan fingerprint density at radius 2 is 1.56 bits per heavy atom. The molecule has 0 amide bonds. The molecule has 25 heavy (non-hydrogen) atoms. The lowest BCUT2D eigenvalue weighted by atomic mass is 10.2. The first-order valence-electron chi connectivity index (χ1n) is 8.64. The molecular weight excluding hydrogens is 306 g/mol. The van der Waals surface area contributed by atoms with Crippen LogP contribution in [0.3, 0.4) is 0 Å². The van der Waals surface area contributed by atoms with Crippen LogP contribution in [0.5, 0.6) is 0 Å². The Balaban J connectivity index is 0. The molecule has 136 valence electrons. The van der Waals surface area contributed by atoms with E-state index in [1.807, 2.05) is 95.3 Å². The highest BCUT2D eigenvalue weighted by molar-refractivity contribution is 6.03. The molecule has 0 atom stereocenters. The van der Waals surface area contributed by atoms with E-state index in [1.165, 1.54) is 0 Å². The summed E-state index contributed by atoms with van der Waals surface area (Å²) in [5, 5.41) is 0. The summed E-state index contributed by atoms with van der Waals surface area (Å²) >= 11 is 0. The van der Waals surface area contributed by atoms with Gasteiger partial charge < -0.3 is 4.90 Å². The summed E-state index contributed by atoms with van der Waals surface area (Å²) in [5.41, 5.74) is 1.72. The lowest BCUT2D eigenvalue weighted by Crippen LogP contribution is -2.10. The Kier molecular flexibility index (Phi) is 17.4. The number of amidine groups is 1. The Bertz CT molecular complexity index is 577. The maximum atomic E-state index is 4.59. The van der Waals surface area contributed by atoms with Gasteiger partial charge in [-0.1, -0.05) is 89.4 Å². The van der Waals surface area contributed by atoms with Crippen molar-refractivity contribution in [1.82, 2.24) is 4.90 Å². The highest BCUT2D eigenvalue weighted by Crippen LogP contribution is 2.08. The first-order valence-corrected chi connectivity index (χ1v) is 8.64. The largest absolute Gasteiger partial charge is 0.369 e. The molecule has 0 aliphatic rings. The number of rotatable bonds is 6. The van der Waals surface area contributed by atoms with Gasteiger partial charge in [-0.15, -0.1) is 0 Å². The Morgan fingerprint density at radius 1 is 0.960 bits per heavy atom. The van der Waals surface area contributed by atoms with E-state index in [0.717, 1.165) is 11.3 Å². The van der Waals surface area contributed by atoms with Crippen molar-refractivity contribution in [2.45, 2.75) is 27.7 Å². The summed E-state index contributed by atoms with van der Waals surface area (Å²) in [6.07, 6.45) is 10.7. The van der Waals surface area contributed by atoms with E-state index in [9.17, 15) is 0 Å². The third-order valence-corrected chi connectivity index (χ3v) is 2.37. The molecule has 0 unspecified atom stereocenters. The molecule has 0 saturated heterocycles. The maximum Gasteiger partial charge on any atom is 0.161 e. The molecule has 1 aromatic rings. The molecule has 0 saturated carbocycles. The first-order chi connectivity index (χ1) is 12.2. The molecule has 0 aliphatic carbocycles. The standard InChI is InChI=1S/C18H21N3.2C2H6/c1-5-7-14-17(11-6-2)20-18(19-15-21(3)4)16-12-9-8-10-13-16;2*1-2/h5-15H,1-2H2,3-4H3;2*1-2H3/b14-7-,17-11+,19-15?,20-18?;;. The van der Waals surface area contributed by atoms with Crippen molar-refractivity contribution in [3.8, 4) is 0 Å². The van der Waals surface area contributed by atoms with E-state index < -0.39 is 0 Å². The number of hydrogen-bond acceptors (Lipinski definition) is 1. The zero-order chi connectivity index (χ0) is 19.5. The van der Waals surface area contributed by atoms with Gasteiger partial charge in [-0.2, -0.15) is 0 Å². The molecule has 3 heteroatoms. The number of allylic oxidation sites excluding steroid dienone is 5. The average molecular weight is 340 g/mol. The minimum absolute atomic E-state index is 0.645. The molecule has 0 fully saturated rings. The zero-order valence-corrected chi connectivity index (χ0v) is 16.6. The maximum absolute atomic E-state index is 4.59. The van der Waals surface area contributed by atoms with Gasteiger partial charge in [-0.25, -0.2) is 9.98 Å². The van der Waals surface area contributed by atoms with Crippen LogP contribution in [-0.4, -0.2) is 31.2 Å². The molecule has 0 bridgehead atoms.